The summed E-state index contributed by atoms with van der Waals surface area (Å²) in [6, 6.07) is 0. The maximum absolute atomic E-state index is 9.59. The van der Waals surface area contributed by atoms with Crippen molar-refractivity contribution < 1.29 is 14.6 Å². The molecule has 0 saturated carbocycles. The van der Waals surface area contributed by atoms with Crippen LogP contribution in [0.2, 0.25) is 18.1 Å². The van der Waals surface area contributed by atoms with E-state index in [1.54, 1.807) is 0 Å². The molecule has 0 rings (SSSR count). The first kappa shape index (κ1) is 15.1. The summed E-state index contributed by atoms with van der Waals surface area (Å²) in [5, 5.41) is 19.1. The fourth-order valence-corrected chi connectivity index (χ4v) is 1.91. The SMILES string of the molecule is CC[C@@H](O)[C@H](O)CO[Si](C)(C)C(C)(C)C. The Balaban J connectivity index is 4.16. The van der Waals surface area contributed by atoms with Crippen LogP contribution in [-0.2, 0) is 4.43 Å². The molecule has 0 heterocycles. The van der Waals surface area contributed by atoms with Gasteiger partial charge >= 0.3 is 0 Å². The summed E-state index contributed by atoms with van der Waals surface area (Å²) in [5.41, 5.74) is 0. The van der Waals surface area contributed by atoms with E-state index in [4.69, 9.17) is 4.43 Å². The molecule has 0 bridgehead atoms. The van der Waals surface area contributed by atoms with E-state index in [9.17, 15) is 10.2 Å². The summed E-state index contributed by atoms with van der Waals surface area (Å²) in [6.07, 6.45) is -0.874. The van der Waals surface area contributed by atoms with E-state index in [0.29, 0.717) is 6.42 Å². The van der Waals surface area contributed by atoms with Crippen LogP contribution in [0, 0.1) is 0 Å². The minimum Gasteiger partial charge on any atom is -0.414 e. The standard InChI is InChI=1S/C11H26O3Si/c1-7-9(12)10(13)8-14-15(5,6)11(2,3)4/h9-10,12-13H,7-8H2,1-6H3/t9-,10-/m1/s1. The van der Waals surface area contributed by atoms with Gasteiger partial charge in [-0.05, 0) is 24.6 Å². The first-order valence-electron chi connectivity index (χ1n) is 5.62. The summed E-state index contributed by atoms with van der Waals surface area (Å²) in [4.78, 5) is 0. The highest BCUT2D eigenvalue weighted by Gasteiger charge is 2.37. The number of hydrogen-bond donors (Lipinski definition) is 2. The number of aliphatic hydroxyl groups is 2. The van der Waals surface area contributed by atoms with Crippen LogP contribution in [0.25, 0.3) is 0 Å². The van der Waals surface area contributed by atoms with Crippen LogP contribution in [-0.4, -0.2) is 37.3 Å². The van der Waals surface area contributed by atoms with Crippen molar-refractivity contribution in [1.29, 1.82) is 0 Å². The number of rotatable bonds is 5. The van der Waals surface area contributed by atoms with Crippen LogP contribution in [0.3, 0.4) is 0 Å². The quantitative estimate of drug-likeness (QED) is 0.717. The van der Waals surface area contributed by atoms with Crippen molar-refractivity contribution in [2.75, 3.05) is 6.61 Å². The van der Waals surface area contributed by atoms with Gasteiger partial charge in [0, 0.05) is 0 Å². The molecular formula is C11H26O3Si. The molecule has 2 atom stereocenters. The minimum atomic E-state index is -1.80. The molecule has 2 N–H and O–H groups in total. The van der Waals surface area contributed by atoms with Crippen molar-refractivity contribution in [3.05, 3.63) is 0 Å². The Morgan fingerprint density at radius 2 is 1.60 bits per heavy atom. The number of aliphatic hydroxyl groups excluding tert-OH is 2. The van der Waals surface area contributed by atoms with Gasteiger partial charge in [0.25, 0.3) is 0 Å². The smallest absolute Gasteiger partial charge is 0.192 e. The third kappa shape index (κ3) is 4.63. The predicted molar refractivity (Wildman–Crippen MR) is 65.5 cm³/mol. The van der Waals surface area contributed by atoms with Gasteiger partial charge in [0.1, 0.15) is 6.10 Å². The van der Waals surface area contributed by atoms with E-state index in [1.807, 2.05) is 6.92 Å². The van der Waals surface area contributed by atoms with E-state index in [2.05, 4.69) is 33.9 Å². The van der Waals surface area contributed by atoms with Gasteiger partial charge in [-0.1, -0.05) is 27.7 Å². The van der Waals surface area contributed by atoms with Crippen molar-refractivity contribution in [3.63, 3.8) is 0 Å². The van der Waals surface area contributed by atoms with E-state index in [-0.39, 0.29) is 11.6 Å². The van der Waals surface area contributed by atoms with Crippen molar-refractivity contribution in [3.8, 4) is 0 Å². The Morgan fingerprint density at radius 1 is 1.13 bits per heavy atom. The minimum absolute atomic E-state index is 0.143. The maximum Gasteiger partial charge on any atom is 0.192 e. The average molecular weight is 234 g/mol. The van der Waals surface area contributed by atoms with Crippen LogP contribution < -0.4 is 0 Å². The zero-order chi connectivity index (χ0) is 12.3. The number of hydrogen-bond acceptors (Lipinski definition) is 3. The predicted octanol–water partition coefficient (Wildman–Crippen LogP) is 2.14. The molecule has 92 valence electrons. The van der Waals surface area contributed by atoms with Crippen molar-refractivity contribution >= 4 is 8.32 Å². The molecule has 0 unspecified atom stereocenters. The monoisotopic (exact) mass is 234 g/mol. The van der Waals surface area contributed by atoms with Gasteiger partial charge in [0.2, 0.25) is 0 Å². The molecule has 0 saturated heterocycles. The summed E-state index contributed by atoms with van der Waals surface area (Å²) < 4.78 is 5.81. The third-order valence-corrected chi connectivity index (χ3v) is 7.78. The van der Waals surface area contributed by atoms with Crippen LogP contribution in [0.1, 0.15) is 34.1 Å². The fourth-order valence-electron chi connectivity index (χ4n) is 0.893. The highest BCUT2D eigenvalue weighted by molar-refractivity contribution is 6.74. The Labute approximate surface area is 94.6 Å². The zero-order valence-corrected chi connectivity index (χ0v) is 11.9. The first-order valence-corrected chi connectivity index (χ1v) is 8.52. The van der Waals surface area contributed by atoms with Crippen molar-refractivity contribution in [2.24, 2.45) is 0 Å². The van der Waals surface area contributed by atoms with Gasteiger partial charge in [-0.25, -0.2) is 0 Å². The van der Waals surface area contributed by atoms with E-state index >= 15 is 0 Å². The summed E-state index contributed by atoms with van der Waals surface area (Å²) in [5.74, 6) is 0. The lowest BCUT2D eigenvalue weighted by Crippen LogP contribution is -2.44. The largest absolute Gasteiger partial charge is 0.414 e. The molecular weight excluding hydrogens is 208 g/mol. The molecule has 0 amide bonds. The topological polar surface area (TPSA) is 49.7 Å². The molecule has 4 heteroatoms. The Morgan fingerprint density at radius 3 is 1.93 bits per heavy atom. The second kappa shape index (κ2) is 5.43. The fraction of sp³-hybridized carbons (Fsp3) is 1.00. The van der Waals surface area contributed by atoms with Crippen LogP contribution >= 0.6 is 0 Å². The van der Waals surface area contributed by atoms with E-state index < -0.39 is 20.5 Å². The van der Waals surface area contributed by atoms with Gasteiger partial charge in [0.15, 0.2) is 8.32 Å². The molecule has 0 aliphatic rings. The molecule has 0 aromatic carbocycles. The van der Waals surface area contributed by atoms with Crippen LogP contribution in [0.4, 0.5) is 0 Å². The molecule has 0 aliphatic carbocycles. The first-order chi connectivity index (χ1) is 6.62. The lowest BCUT2D eigenvalue weighted by atomic mass is 10.2. The second-order valence-electron chi connectivity index (χ2n) is 5.61. The van der Waals surface area contributed by atoms with Gasteiger partial charge < -0.3 is 14.6 Å². The molecule has 0 aliphatic heterocycles. The van der Waals surface area contributed by atoms with Gasteiger partial charge in [-0.15, -0.1) is 0 Å². The van der Waals surface area contributed by atoms with E-state index in [0.717, 1.165) is 0 Å². The molecule has 0 radical (unpaired) electrons. The Hall–Kier alpha value is 0.0969. The summed E-state index contributed by atoms with van der Waals surface area (Å²) >= 11 is 0. The second-order valence-corrected chi connectivity index (χ2v) is 10.4. The van der Waals surface area contributed by atoms with Crippen molar-refractivity contribution in [2.45, 2.75) is 64.5 Å². The van der Waals surface area contributed by atoms with Crippen LogP contribution in [0.5, 0.6) is 0 Å². The molecule has 0 spiro atoms. The lowest BCUT2D eigenvalue weighted by Gasteiger charge is -2.37. The highest BCUT2D eigenvalue weighted by atomic mass is 28.4. The van der Waals surface area contributed by atoms with Crippen molar-refractivity contribution in [1.82, 2.24) is 0 Å². The molecule has 0 aromatic heterocycles. The maximum atomic E-state index is 9.59. The molecule has 15 heavy (non-hydrogen) atoms. The molecule has 0 fully saturated rings. The summed E-state index contributed by atoms with van der Waals surface area (Å²) in [6.45, 7) is 12.8. The van der Waals surface area contributed by atoms with Gasteiger partial charge in [0.05, 0.1) is 12.7 Å². The summed E-state index contributed by atoms with van der Waals surface area (Å²) in [7, 11) is -1.80. The zero-order valence-electron chi connectivity index (χ0n) is 10.9. The third-order valence-electron chi connectivity index (χ3n) is 3.28. The lowest BCUT2D eigenvalue weighted by molar-refractivity contribution is -0.0120. The van der Waals surface area contributed by atoms with E-state index in [1.165, 1.54) is 0 Å². The Bertz CT molecular complexity index is 187. The normalized spacial score (nSPS) is 17.6. The highest BCUT2D eigenvalue weighted by Crippen LogP contribution is 2.36. The molecule has 0 aromatic rings. The van der Waals surface area contributed by atoms with Gasteiger partial charge in [-0.3, -0.25) is 0 Å². The van der Waals surface area contributed by atoms with Gasteiger partial charge in [-0.2, -0.15) is 0 Å². The average Bonchev–Trinajstić information content (AvgIpc) is 2.11. The Kier molecular flexibility index (Phi) is 5.47. The molecule has 3 nitrogen and oxygen atoms in total. The van der Waals surface area contributed by atoms with Crippen LogP contribution in [0.15, 0.2) is 0 Å².